The fourth-order valence-electron chi connectivity index (χ4n) is 11.7. The van der Waals surface area contributed by atoms with Gasteiger partial charge in [0.05, 0.1) is 12.0 Å². The van der Waals surface area contributed by atoms with Crippen LogP contribution in [0.5, 0.6) is 0 Å². The van der Waals surface area contributed by atoms with Crippen molar-refractivity contribution in [3.05, 3.63) is 138 Å². The zero-order valence-corrected chi connectivity index (χ0v) is 49.7. The summed E-state index contributed by atoms with van der Waals surface area (Å²) in [4.78, 5) is 46.4. The van der Waals surface area contributed by atoms with Gasteiger partial charge in [0.15, 0.2) is 0 Å². The molecule has 70 heavy (non-hydrogen) atoms. The van der Waals surface area contributed by atoms with Crippen LogP contribution < -0.4 is 0 Å². The second-order valence-corrected chi connectivity index (χ2v) is 30.8. The van der Waals surface area contributed by atoms with Gasteiger partial charge >= 0.3 is 17.2 Å². The van der Waals surface area contributed by atoms with E-state index in [0.29, 0.717) is 12.8 Å². The SMILES string of the molecule is CC(C)(C)c1cc2c(c(C(C)(C)C)c1)C(CCOP(O)O)(C1(OP(O)O)c3c(cc(C(C)(C)C)cc3C(C)(C)C)Cc3cc(C(C)(C)C)cc(C(C)(C)C)c31)c1c(cc(C(C)(C)C)cc1C(C)(C)C)C2. The van der Waals surface area contributed by atoms with E-state index in [1.807, 2.05) is 0 Å². The quantitative estimate of drug-likeness (QED) is 0.138. The van der Waals surface area contributed by atoms with Crippen molar-refractivity contribution < 1.29 is 28.6 Å². The van der Waals surface area contributed by atoms with Crippen LogP contribution in [-0.4, -0.2) is 26.2 Å². The summed E-state index contributed by atoms with van der Waals surface area (Å²) in [7, 11) is -5.86. The summed E-state index contributed by atoms with van der Waals surface area (Å²) in [5.41, 5.74) is 12.4. The van der Waals surface area contributed by atoms with E-state index in [4.69, 9.17) is 9.05 Å². The average molecular weight is 995 g/mol. The maximum atomic E-state index is 12.4. The van der Waals surface area contributed by atoms with Crippen molar-refractivity contribution in [3.63, 3.8) is 0 Å². The van der Waals surface area contributed by atoms with Crippen LogP contribution in [0.4, 0.5) is 0 Å². The minimum atomic E-state index is -3.10. The van der Waals surface area contributed by atoms with Crippen molar-refractivity contribution in [1.82, 2.24) is 0 Å². The third kappa shape index (κ3) is 10.3. The molecule has 0 bridgehead atoms. The highest BCUT2D eigenvalue weighted by atomic mass is 31.2. The van der Waals surface area contributed by atoms with Gasteiger partial charge in [0.2, 0.25) is 0 Å². The van der Waals surface area contributed by atoms with Crippen LogP contribution in [0.25, 0.3) is 0 Å². The van der Waals surface area contributed by atoms with Crippen LogP contribution in [0, 0.1) is 0 Å². The smallest absolute Gasteiger partial charge is 0.328 e. The highest BCUT2D eigenvalue weighted by Crippen LogP contribution is 2.69. The van der Waals surface area contributed by atoms with Crippen LogP contribution in [0.1, 0.15) is 262 Å². The molecular formula is C62H92O6P2. The third-order valence-corrected chi connectivity index (χ3v) is 16.2. The minimum Gasteiger partial charge on any atom is -0.328 e. The lowest BCUT2D eigenvalue weighted by molar-refractivity contribution is 0.00527. The van der Waals surface area contributed by atoms with Crippen molar-refractivity contribution in [1.29, 1.82) is 0 Å². The molecule has 4 aromatic rings. The molecule has 0 radical (unpaired) electrons. The van der Waals surface area contributed by atoms with E-state index in [1.165, 1.54) is 22.3 Å². The van der Waals surface area contributed by atoms with Gasteiger partial charge in [-0.05, 0) is 152 Å². The van der Waals surface area contributed by atoms with Crippen LogP contribution in [0.3, 0.4) is 0 Å². The maximum absolute atomic E-state index is 12.4. The molecule has 0 saturated heterocycles. The van der Waals surface area contributed by atoms with Crippen molar-refractivity contribution in [2.45, 2.75) is 240 Å². The molecule has 0 atom stereocenters. The molecule has 8 heteroatoms. The summed E-state index contributed by atoms with van der Waals surface area (Å²) in [6, 6.07) is 19.2. The Bertz CT molecular complexity index is 2470. The van der Waals surface area contributed by atoms with Gasteiger partial charge in [-0.2, -0.15) is 0 Å². The van der Waals surface area contributed by atoms with Gasteiger partial charge in [0.1, 0.15) is 5.60 Å². The van der Waals surface area contributed by atoms with Crippen LogP contribution in [0.2, 0.25) is 0 Å². The molecule has 0 aromatic heterocycles. The first-order valence-corrected chi connectivity index (χ1v) is 28.1. The Morgan fingerprint density at radius 3 is 0.857 bits per heavy atom. The fourth-order valence-corrected chi connectivity index (χ4v) is 12.6. The first-order chi connectivity index (χ1) is 31.4. The monoisotopic (exact) mass is 995 g/mol. The first kappa shape index (κ1) is 56.8. The molecular weight excluding hydrogens is 903 g/mol. The Morgan fingerprint density at radius 2 is 0.629 bits per heavy atom. The molecule has 6 nitrogen and oxygen atoms in total. The second kappa shape index (κ2) is 18.1. The van der Waals surface area contributed by atoms with Crippen LogP contribution >= 0.6 is 17.2 Å². The minimum absolute atomic E-state index is 0.0484. The largest absolute Gasteiger partial charge is 0.328 e. The van der Waals surface area contributed by atoms with Crippen molar-refractivity contribution in [3.8, 4) is 0 Å². The average Bonchev–Trinajstić information content (AvgIpc) is 3.15. The predicted molar refractivity (Wildman–Crippen MR) is 297 cm³/mol. The molecule has 2 aliphatic rings. The fraction of sp³-hybridized carbons (Fsp3) is 0.613. The number of fused-ring (bicyclic) bond motifs is 4. The molecule has 0 heterocycles. The van der Waals surface area contributed by atoms with E-state index in [9.17, 15) is 19.6 Å². The zero-order chi connectivity index (χ0) is 53.3. The van der Waals surface area contributed by atoms with Gasteiger partial charge in [-0.25, -0.2) is 0 Å². The van der Waals surface area contributed by atoms with E-state index in [2.05, 4.69) is 215 Å². The topological polar surface area (TPSA) is 99.4 Å². The van der Waals surface area contributed by atoms with E-state index in [0.717, 1.165) is 66.8 Å². The lowest BCUT2D eigenvalue weighted by Crippen LogP contribution is -2.59. The van der Waals surface area contributed by atoms with Crippen LogP contribution in [-0.2, 0) is 76.2 Å². The molecule has 4 aromatic carbocycles. The summed E-state index contributed by atoms with van der Waals surface area (Å²) < 4.78 is 13.9. The number of hydrogen-bond acceptors (Lipinski definition) is 6. The van der Waals surface area contributed by atoms with E-state index in [-0.39, 0.29) is 34.7 Å². The van der Waals surface area contributed by atoms with E-state index < -0.39 is 49.9 Å². The Kier molecular flexibility index (Phi) is 14.7. The third-order valence-electron chi connectivity index (χ3n) is 15.4. The van der Waals surface area contributed by atoms with E-state index in [1.54, 1.807) is 0 Å². The number of benzene rings is 4. The second-order valence-electron chi connectivity index (χ2n) is 29.4. The Morgan fingerprint density at radius 1 is 0.371 bits per heavy atom. The molecule has 4 N–H and O–H groups in total. The summed E-state index contributed by atoms with van der Waals surface area (Å²) in [6.45, 7) is 54.8. The molecule has 0 amide bonds. The maximum Gasteiger partial charge on any atom is 0.328 e. The Labute approximate surface area is 427 Å². The Hall–Kier alpha value is -2.50. The molecule has 0 spiro atoms. The van der Waals surface area contributed by atoms with Gasteiger partial charge in [-0.1, -0.05) is 215 Å². The molecule has 2 aliphatic carbocycles. The van der Waals surface area contributed by atoms with Crippen molar-refractivity contribution >= 4 is 17.2 Å². The number of hydrogen-bond donors (Lipinski definition) is 4. The van der Waals surface area contributed by atoms with Gasteiger partial charge in [0, 0.05) is 0 Å². The van der Waals surface area contributed by atoms with Crippen molar-refractivity contribution in [2.75, 3.05) is 6.61 Å². The molecule has 0 aliphatic heterocycles. The lowest BCUT2D eigenvalue weighted by atomic mass is 9.46. The standard InChI is InChI=1S/C62H92O6P2/c1-53(2,3)41-29-37-27-38-30-42(54(4,5)6)34-46(58(16,17)18)50(38)61(25-26-67-69(63)64,49(37)45(33-41)57(13,14)15)62(68-70(65)66)51-39(31-43(55(7,8)9)35-47(51)59(19,20)21)28-40-32-44(56(10,11)12)36-48(52(40)62)60(22,23)24/h29-36,63-66H,25-28H2,1-24H3. The Balaban J connectivity index is 2.19. The summed E-state index contributed by atoms with van der Waals surface area (Å²) in [6.07, 6.45) is 1.48. The molecule has 0 saturated carbocycles. The lowest BCUT2D eigenvalue weighted by Gasteiger charge is -2.60. The summed E-state index contributed by atoms with van der Waals surface area (Å²) in [5.74, 6) is 0. The highest BCUT2D eigenvalue weighted by Gasteiger charge is 2.66. The molecule has 0 unspecified atom stereocenters. The molecule has 386 valence electrons. The van der Waals surface area contributed by atoms with Crippen molar-refractivity contribution in [2.24, 2.45) is 0 Å². The van der Waals surface area contributed by atoms with E-state index >= 15 is 0 Å². The molecule has 6 rings (SSSR count). The summed E-state index contributed by atoms with van der Waals surface area (Å²) in [5, 5.41) is 0. The summed E-state index contributed by atoms with van der Waals surface area (Å²) >= 11 is 0. The van der Waals surface area contributed by atoms with Gasteiger partial charge < -0.3 is 24.1 Å². The highest BCUT2D eigenvalue weighted by molar-refractivity contribution is 7.39. The first-order valence-electron chi connectivity index (χ1n) is 25.8. The predicted octanol–water partition coefficient (Wildman–Crippen LogP) is 16.0. The zero-order valence-electron chi connectivity index (χ0n) is 47.9. The van der Waals surface area contributed by atoms with Gasteiger partial charge in [-0.3, -0.25) is 4.52 Å². The van der Waals surface area contributed by atoms with Crippen LogP contribution in [0.15, 0.2) is 48.5 Å². The number of rotatable bonds is 7. The van der Waals surface area contributed by atoms with Gasteiger partial charge in [0.25, 0.3) is 0 Å². The normalized spacial score (nSPS) is 16.6. The molecule has 0 fully saturated rings. The van der Waals surface area contributed by atoms with Gasteiger partial charge in [-0.15, -0.1) is 0 Å².